The number of Topliss-reactive ketones (excluding diaryl/α,β-unsaturated/α-hetero) is 1. The molecule has 0 unspecified atom stereocenters. The van der Waals surface area contributed by atoms with Crippen molar-refractivity contribution in [2.45, 2.75) is 64.9 Å². The molecule has 0 saturated heterocycles. The largest absolute Gasteiger partial charge is 0.442 e. The van der Waals surface area contributed by atoms with Gasteiger partial charge < -0.3 is 15.5 Å². The molecule has 10 heteroatoms. The number of amides is 3. The smallest absolute Gasteiger partial charge is 0.429 e. The van der Waals surface area contributed by atoms with Crippen LogP contribution in [0.5, 0.6) is 0 Å². The number of hydrazine groups is 1. The zero-order valence-corrected chi connectivity index (χ0v) is 19.9. The Morgan fingerprint density at radius 3 is 2.53 bits per heavy atom. The first kappa shape index (κ1) is 25.2. The average Bonchev–Trinajstić information content (AvgIpc) is 3.15. The molecule has 1 aromatic carbocycles. The van der Waals surface area contributed by atoms with Crippen molar-refractivity contribution in [2.75, 3.05) is 6.54 Å². The van der Waals surface area contributed by atoms with Gasteiger partial charge in [0.1, 0.15) is 5.60 Å². The van der Waals surface area contributed by atoms with Crippen molar-refractivity contribution in [3.63, 3.8) is 0 Å². The van der Waals surface area contributed by atoms with Crippen LogP contribution in [0.1, 0.15) is 69.9 Å². The van der Waals surface area contributed by atoms with E-state index in [1.807, 2.05) is 18.2 Å². The van der Waals surface area contributed by atoms with Crippen LogP contribution < -0.4 is 11.2 Å². The van der Waals surface area contributed by atoms with E-state index in [1.165, 1.54) is 0 Å². The van der Waals surface area contributed by atoms with E-state index in [0.29, 0.717) is 17.9 Å². The molecule has 1 aliphatic rings. The zero-order valence-electron chi connectivity index (χ0n) is 19.9. The van der Waals surface area contributed by atoms with Crippen molar-refractivity contribution in [3.8, 4) is 0 Å². The van der Waals surface area contributed by atoms with Crippen molar-refractivity contribution in [2.24, 2.45) is 17.6 Å². The SMILES string of the molecule is CC(C)(C)OC(=O)N(CCC(N)=O)NC(=O)[C@@H](CC(=O)c1nc2ccccc2[nH]1)CC1CCC1. The molecule has 0 spiro atoms. The Labute approximate surface area is 198 Å². The summed E-state index contributed by atoms with van der Waals surface area (Å²) >= 11 is 0. The summed E-state index contributed by atoms with van der Waals surface area (Å²) in [4.78, 5) is 57.5. The van der Waals surface area contributed by atoms with Gasteiger partial charge in [-0.2, -0.15) is 0 Å². The van der Waals surface area contributed by atoms with Crippen molar-refractivity contribution in [1.29, 1.82) is 0 Å². The highest BCUT2D eigenvalue weighted by Gasteiger charge is 2.32. The van der Waals surface area contributed by atoms with E-state index in [2.05, 4.69) is 15.4 Å². The van der Waals surface area contributed by atoms with Crippen LogP contribution in [0.25, 0.3) is 11.0 Å². The minimum Gasteiger partial charge on any atom is -0.442 e. The van der Waals surface area contributed by atoms with Crippen LogP contribution in [0.3, 0.4) is 0 Å². The molecular weight excluding hydrogens is 438 g/mol. The van der Waals surface area contributed by atoms with E-state index in [1.54, 1.807) is 26.8 Å². The molecule has 1 heterocycles. The molecule has 10 nitrogen and oxygen atoms in total. The Morgan fingerprint density at radius 2 is 1.94 bits per heavy atom. The first-order valence-electron chi connectivity index (χ1n) is 11.6. The van der Waals surface area contributed by atoms with Crippen LogP contribution in [-0.2, 0) is 14.3 Å². The third-order valence-corrected chi connectivity index (χ3v) is 5.74. The third-order valence-electron chi connectivity index (χ3n) is 5.74. The molecule has 1 aromatic heterocycles. The number of hydrogen-bond acceptors (Lipinski definition) is 6. The van der Waals surface area contributed by atoms with Gasteiger partial charge in [-0.15, -0.1) is 0 Å². The summed E-state index contributed by atoms with van der Waals surface area (Å²) in [7, 11) is 0. The average molecular weight is 472 g/mol. The van der Waals surface area contributed by atoms with Crippen molar-refractivity contribution < 1.29 is 23.9 Å². The van der Waals surface area contributed by atoms with Crippen LogP contribution >= 0.6 is 0 Å². The van der Waals surface area contributed by atoms with Gasteiger partial charge in [-0.1, -0.05) is 31.4 Å². The van der Waals surface area contributed by atoms with E-state index >= 15 is 0 Å². The molecule has 1 aliphatic carbocycles. The Morgan fingerprint density at radius 1 is 1.24 bits per heavy atom. The number of nitrogens with two attached hydrogens (primary N) is 1. The highest BCUT2D eigenvalue weighted by Crippen LogP contribution is 2.33. The number of H-pyrrole nitrogens is 1. The van der Waals surface area contributed by atoms with E-state index in [9.17, 15) is 19.2 Å². The summed E-state index contributed by atoms with van der Waals surface area (Å²) in [5.74, 6) is -1.49. The maximum Gasteiger partial charge on any atom is 0.429 e. The molecule has 184 valence electrons. The number of para-hydroxylation sites is 2. The Bertz CT molecular complexity index is 1020. The number of aromatic amines is 1. The summed E-state index contributed by atoms with van der Waals surface area (Å²) in [6, 6.07) is 7.31. The van der Waals surface area contributed by atoms with Gasteiger partial charge in [0.25, 0.3) is 0 Å². The lowest BCUT2D eigenvalue weighted by Crippen LogP contribution is -2.51. The number of ether oxygens (including phenoxy) is 1. The maximum atomic E-state index is 13.2. The standard InChI is InChI=1S/C24H33N5O5/c1-24(2,3)34-23(33)29(12-11-20(25)31)28-22(32)16(13-15-7-6-8-15)14-19(30)21-26-17-9-4-5-10-18(17)27-21/h4-5,9-10,15-16H,6-8,11-14H2,1-3H3,(H2,25,31)(H,26,27)(H,28,32)/t16-/m1/s1. The molecule has 2 aromatic rings. The molecule has 3 rings (SSSR count). The van der Waals surface area contributed by atoms with Crippen molar-refractivity contribution >= 4 is 34.7 Å². The molecular formula is C24H33N5O5. The van der Waals surface area contributed by atoms with Gasteiger partial charge in [-0.05, 0) is 45.2 Å². The fourth-order valence-corrected chi connectivity index (χ4v) is 3.78. The van der Waals surface area contributed by atoms with E-state index in [4.69, 9.17) is 10.5 Å². The molecule has 1 saturated carbocycles. The number of nitrogens with one attached hydrogen (secondary N) is 2. The molecule has 34 heavy (non-hydrogen) atoms. The van der Waals surface area contributed by atoms with Crippen LogP contribution in [0.4, 0.5) is 4.79 Å². The number of ketones is 1. The van der Waals surface area contributed by atoms with Gasteiger partial charge in [0.2, 0.25) is 11.8 Å². The van der Waals surface area contributed by atoms with Gasteiger partial charge in [0.15, 0.2) is 11.6 Å². The minimum atomic E-state index is -0.798. The predicted octanol–water partition coefficient (Wildman–Crippen LogP) is 3.09. The van der Waals surface area contributed by atoms with Crippen LogP contribution in [0, 0.1) is 11.8 Å². The number of fused-ring (bicyclic) bond motifs is 1. The second-order valence-electron chi connectivity index (χ2n) is 9.78. The quantitative estimate of drug-likeness (QED) is 0.378. The number of primary amides is 1. The number of carbonyl (C=O) groups is 4. The summed E-state index contributed by atoms with van der Waals surface area (Å²) in [5.41, 5.74) is 8.41. The van der Waals surface area contributed by atoms with Crippen LogP contribution in [-0.4, -0.2) is 50.8 Å². The minimum absolute atomic E-state index is 0.0554. The lowest BCUT2D eigenvalue weighted by molar-refractivity contribution is -0.131. The summed E-state index contributed by atoms with van der Waals surface area (Å²) in [6.45, 7) is 4.96. The fraction of sp³-hybridized carbons (Fsp3) is 0.542. The molecule has 0 radical (unpaired) electrons. The van der Waals surface area contributed by atoms with E-state index in [-0.39, 0.29) is 31.0 Å². The van der Waals surface area contributed by atoms with Gasteiger partial charge in [0, 0.05) is 18.8 Å². The number of aromatic nitrogens is 2. The molecule has 0 aliphatic heterocycles. The second kappa shape index (κ2) is 10.7. The first-order valence-corrected chi connectivity index (χ1v) is 11.6. The van der Waals surface area contributed by atoms with Crippen LogP contribution in [0.2, 0.25) is 0 Å². The number of carbonyl (C=O) groups excluding carboxylic acids is 4. The molecule has 3 amide bonds. The summed E-state index contributed by atoms with van der Waals surface area (Å²) in [6.07, 6.45) is 2.62. The summed E-state index contributed by atoms with van der Waals surface area (Å²) < 4.78 is 5.35. The number of imidazole rings is 1. The third kappa shape index (κ3) is 7.03. The monoisotopic (exact) mass is 471 g/mol. The molecule has 1 atom stereocenters. The van der Waals surface area contributed by atoms with Crippen molar-refractivity contribution in [1.82, 2.24) is 20.4 Å². The molecule has 0 bridgehead atoms. The molecule has 4 N–H and O–H groups in total. The van der Waals surface area contributed by atoms with Crippen molar-refractivity contribution in [3.05, 3.63) is 30.1 Å². The molecule has 1 fully saturated rings. The second-order valence-corrected chi connectivity index (χ2v) is 9.78. The number of benzene rings is 1. The first-order chi connectivity index (χ1) is 16.0. The normalized spacial score (nSPS) is 14.8. The maximum absolute atomic E-state index is 13.2. The van der Waals surface area contributed by atoms with E-state index < -0.39 is 29.4 Å². The number of nitrogens with zero attached hydrogens (tertiary/aromatic N) is 2. The van der Waals surface area contributed by atoms with Gasteiger partial charge in [-0.25, -0.2) is 14.8 Å². The van der Waals surface area contributed by atoms with E-state index in [0.717, 1.165) is 29.8 Å². The topological polar surface area (TPSA) is 147 Å². The Kier molecular flexibility index (Phi) is 7.90. The van der Waals surface area contributed by atoms with Gasteiger partial charge >= 0.3 is 6.09 Å². The van der Waals surface area contributed by atoms with Crippen LogP contribution in [0.15, 0.2) is 24.3 Å². The highest BCUT2D eigenvalue weighted by atomic mass is 16.6. The number of hydrogen-bond donors (Lipinski definition) is 3. The Balaban J connectivity index is 1.74. The highest BCUT2D eigenvalue weighted by molar-refractivity contribution is 5.98. The predicted molar refractivity (Wildman–Crippen MR) is 125 cm³/mol. The lowest BCUT2D eigenvalue weighted by Gasteiger charge is -2.31. The lowest BCUT2D eigenvalue weighted by atomic mass is 9.77. The number of rotatable bonds is 9. The van der Waals surface area contributed by atoms with Gasteiger partial charge in [0.05, 0.1) is 17.6 Å². The Hall–Kier alpha value is -3.43. The fourth-order valence-electron chi connectivity index (χ4n) is 3.78. The summed E-state index contributed by atoms with van der Waals surface area (Å²) in [5, 5.41) is 0.956. The van der Waals surface area contributed by atoms with Gasteiger partial charge in [-0.3, -0.25) is 19.8 Å². The zero-order chi connectivity index (χ0) is 24.9.